The van der Waals surface area contributed by atoms with Crippen LogP contribution in [0.15, 0.2) is 22.4 Å². The summed E-state index contributed by atoms with van der Waals surface area (Å²) in [6.07, 6.45) is -1.90. The second-order valence-corrected chi connectivity index (χ2v) is 4.05. The van der Waals surface area contributed by atoms with Crippen molar-refractivity contribution >= 4 is 11.6 Å². The highest BCUT2D eigenvalue weighted by atomic mass is 35.5. The molecule has 15 heavy (non-hydrogen) atoms. The molecular weight excluding hydrogens is 229 g/mol. The summed E-state index contributed by atoms with van der Waals surface area (Å²) < 4.78 is 40.3. The zero-order valence-corrected chi connectivity index (χ0v) is 9.24. The third kappa shape index (κ3) is 3.45. The van der Waals surface area contributed by atoms with E-state index in [0.717, 1.165) is 0 Å². The summed E-state index contributed by atoms with van der Waals surface area (Å²) in [5, 5.41) is 0.0577. The largest absolute Gasteiger partial charge is 0.573 e. The van der Waals surface area contributed by atoms with Crippen LogP contribution >= 0.6 is 11.6 Å². The molecule has 86 valence electrons. The van der Waals surface area contributed by atoms with Gasteiger partial charge in [0.25, 0.3) is 0 Å². The molecule has 0 atom stereocenters. The number of hydrogen-bond donors (Lipinski definition) is 0. The predicted molar refractivity (Wildman–Crippen MR) is 52.2 cm³/mol. The van der Waals surface area contributed by atoms with Crippen molar-refractivity contribution in [1.82, 2.24) is 0 Å². The summed E-state index contributed by atoms with van der Waals surface area (Å²) >= 11 is 5.71. The fraction of sp³-hybridized carbons (Fsp3) is 0.600. The Balaban J connectivity index is 3.00. The van der Waals surface area contributed by atoms with Gasteiger partial charge in [0.05, 0.1) is 5.03 Å². The predicted octanol–water partition coefficient (Wildman–Crippen LogP) is 4.35. The van der Waals surface area contributed by atoms with Crippen LogP contribution in [0.2, 0.25) is 0 Å². The molecular formula is C10H12ClF3O. The molecule has 1 aliphatic rings. The standard InChI is InChI=1S/C10H12ClF3O/c1-6(2)7-4-3-5-8(11)9(7)15-10(12,13)14/h5-6H,3-4H2,1-2H3. The molecule has 0 N–H and O–H groups in total. The van der Waals surface area contributed by atoms with Gasteiger partial charge in [-0.15, -0.1) is 13.2 Å². The first-order valence-corrected chi connectivity index (χ1v) is 5.04. The lowest BCUT2D eigenvalue weighted by Crippen LogP contribution is -2.17. The number of alkyl halides is 3. The highest BCUT2D eigenvalue weighted by molar-refractivity contribution is 6.31. The Morgan fingerprint density at radius 2 is 2.00 bits per heavy atom. The van der Waals surface area contributed by atoms with Crippen LogP contribution in [0.25, 0.3) is 0 Å². The maximum Gasteiger partial charge on any atom is 0.573 e. The van der Waals surface area contributed by atoms with Gasteiger partial charge in [-0.25, -0.2) is 0 Å². The van der Waals surface area contributed by atoms with Gasteiger partial charge < -0.3 is 4.74 Å². The van der Waals surface area contributed by atoms with Crippen LogP contribution in [0.4, 0.5) is 13.2 Å². The van der Waals surface area contributed by atoms with E-state index in [1.807, 2.05) is 13.8 Å². The Labute approximate surface area is 91.6 Å². The maximum absolute atomic E-state index is 12.1. The molecule has 1 aliphatic carbocycles. The second kappa shape index (κ2) is 4.47. The highest BCUT2D eigenvalue weighted by Crippen LogP contribution is 2.36. The fourth-order valence-corrected chi connectivity index (χ4v) is 1.76. The lowest BCUT2D eigenvalue weighted by atomic mass is 9.93. The van der Waals surface area contributed by atoms with Crippen LogP contribution < -0.4 is 0 Å². The van der Waals surface area contributed by atoms with Crippen LogP contribution in [0.3, 0.4) is 0 Å². The van der Waals surface area contributed by atoms with Crippen molar-refractivity contribution in [3.63, 3.8) is 0 Å². The summed E-state index contributed by atoms with van der Waals surface area (Å²) in [4.78, 5) is 0. The molecule has 0 fully saturated rings. The summed E-state index contributed by atoms with van der Waals surface area (Å²) in [6.45, 7) is 3.65. The van der Waals surface area contributed by atoms with Crippen molar-refractivity contribution in [2.45, 2.75) is 33.1 Å². The zero-order chi connectivity index (χ0) is 11.6. The molecule has 0 amide bonds. The van der Waals surface area contributed by atoms with E-state index in [2.05, 4.69) is 4.74 Å². The molecule has 0 radical (unpaired) electrons. The van der Waals surface area contributed by atoms with Crippen LogP contribution in [0.1, 0.15) is 26.7 Å². The van der Waals surface area contributed by atoms with Crippen molar-refractivity contribution in [2.75, 3.05) is 0 Å². The number of hydrogen-bond acceptors (Lipinski definition) is 1. The van der Waals surface area contributed by atoms with Gasteiger partial charge in [0.15, 0.2) is 0 Å². The third-order valence-electron chi connectivity index (χ3n) is 2.16. The van der Waals surface area contributed by atoms with Crippen molar-refractivity contribution in [2.24, 2.45) is 5.92 Å². The average molecular weight is 241 g/mol. The van der Waals surface area contributed by atoms with E-state index in [4.69, 9.17) is 11.6 Å². The first-order valence-electron chi connectivity index (χ1n) is 4.66. The Morgan fingerprint density at radius 1 is 1.40 bits per heavy atom. The molecule has 0 aromatic heterocycles. The number of allylic oxidation sites excluding steroid dienone is 3. The molecule has 0 aromatic carbocycles. The number of rotatable bonds is 2. The zero-order valence-electron chi connectivity index (χ0n) is 8.49. The van der Waals surface area contributed by atoms with Gasteiger partial charge in [-0.1, -0.05) is 31.5 Å². The third-order valence-corrected chi connectivity index (χ3v) is 2.49. The van der Waals surface area contributed by atoms with E-state index in [9.17, 15) is 13.2 Å². The minimum absolute atomic E-state index is 0.00444. The maximum atomic E-state index is 12.1. The Kier molecular flexibility index (Phi) is 3.71. The van der Waals surface area contributed by atoms with E-state index in [-0.39, 0.29) is 16.7 Å². The molecule has 0 unspecified atom stereocenters. The van der Waals surface area contributed by atoms with E-state index < -0.39 is 6.36 Å². The summed E-state index contributed by atoms with van der Waals surface area (Å²) in [7, 11) is 0. The molecule has 0 heterocycles. The molecule has 0 aromatic rings. The minimum Gasteiger partial charge on any atom is -0.404 e. The highest BCUT2D eigenvalue weighted by Gasteiger charge is 2.35. The smallest absolute Gasteiger partial charge is 0.404 e. The van der Waals surface area contributed by atoms with Gasteiger partial charge in [0.2, 0.25) is 0 Å². The second-order valence-electron chi connectivity index (χ2n) is 3.65. The van der Waals surface area contributed by atoms with E-state index >= 15 is 0 Å². The van der Waals surface area contributed by atoms with E-state index in [0.29, 0.717) is 18.4 Å². The summed E-state index contributed by atoms with van der Waals surface area (Å²) in [5.74, 6) is -0.213. The minimum atomic E-state index is -4.68. The molecule has 0 bridgehead atoms. The molecule has 5 heteroatoms. The number of halogens is 4. The van der Waals surface area contributed by atoms with Gasteiger partial charge in [-0.05, 0) is 24.3 Å². The monoisotopic (exact) mass is 240 g/mol. The molecule has 0 spiro atoms. The molecule has 1 rings (SSSR count). The van der Waals surface area contributed by atoms with Gasteiger partial charge in [0.1, 0.15) is 5.76 Å². The van der Waals surface area contributed by atoms with Gasteiger partial charge >= 0.3 is 6.36 Å². The average Bonchev–Trinajstić information content (AvgIpc) is 2.05. The number of ether oxygens (including phenoxy) is 1. The van der Waals surface area contributed by atoms with Crippen LogP contribution in [-0.2, 0) is 4.74 Å². The lowest BCUT2D eigenvalue weighted by molar-refractivity contribution is -0.304. The van der Waals surface area contributed by atoms with Crippen LogP contribution in [0, 0.1) is 5.92 Å². The summed E-state index contributed by atoms with van der Waals surface area (Å²) in [6, 6.07) is 0. The topological polar surface area (TPSA) is 9.23 Å². The van der Waals surface area contributed by atoms with Gasteiger partial charge in [-0.3, -0.25) is 0 Å². The Morgan fingerprint density at radius 3 is 2.47 bits per heavy atom. The van der Waals surface area contributed by atoms with Crippen molar-refractivity contribution in [1.29, 1.82) is 0 Å². The van der Waals surface area contributed by atoms with Crippen LogP contribution in [-0.4, -0.2) is 6.36 Å². The normalized spacial score (nSPS) is 18.2. The molecule has 0 saturated carbocycles. The van der Waals surface area contributed by atoms with Crippen LogP contribution in [0.5, 0.6) is 0 Å². The van der Waals surface area contributed by atoms with Crippen molar-refractivity contribution in [3.05, 3.63) is 22.4 Å². The Hall–Kier alpha value is -0.640. The van der Waals surface area contributed by atoms with Gasteiger partial charge in [0, 0.05) is 0 Å². The van der Waals surface area contributed by atoms with E-state index in [1.54, 1.807) is 6.08 Å². The van der Waals surface area contributed by atoms with Gasteiger partial charge in [-0.2, -0.15) is 0 Å². The fourth-order valence-electron chi connectivity index (χ4n) is 1.49. The quantitative estimate of drug-likeness (QED) is 0.697. The first-order chi connectivity index (χ1) is 6.81. The van der Waals surface area contributed by atoms with E-state index in [1.165, 1.54) is 0 Å². The summed E-state index contributed by atoms with van der Waals surface area (Å²) in [5.41, 5.74) is 0.625. The van der Waals surface area contributed by atoms with Crippen molar-refractivity contribution in [3.8, 4) is 0 Å². The van der Waals surface area contributed by atoms with Crippen molar-refractivity contribution < 1.29 is 17.9 Å². The molecule has 1 nitrogen and oxygen atoms in total. The molecule has 0 aliphatic heterocycles. The Bertz CT molecular complexity index is 302. The SMILES string of the molecule is CC(C)C1=C(OC(F)(F)F)C(Cl)=CCC1. The lowest BCUT2D eigenvalue weighted by Gasteiger charge is -2.22. The first kappa shape index (κ1) is 12.4. The molecule has 0 saturated heterocycles.